The van der Waals surface area contributed by atoms with Gasteiger partial charge >= 0.3 is 0 Å². The molecule has 5 aliphatic carbocycles. The predicted octanol–water partition coefficient (Wildman–Crippen LogP) is 6.16. The highest BCUT2D eigenvalue weighted by atomic mass is 16.6. The Morgan fingerprint density at radius 2 is 1.49 bits per heavy atom. The fourth-order valence-corrected chi connectivity index (χ4v) is 12.9. The number of rotatable bonds is 5. The molecule has 0 amide bonds. The maximum atomic E-state index is 12.3. The molecule has 0 radical (unpaired) electrons. The van der Waals surface area contributed by atoms with Crippen molar-refractivity contribution in [3.05, 3.63) is 0 Å². The Balaban J connectivity index is 1.36. The molecule has 0 aliphatic heterocycles. The molecular formula is C37H66O6. The van der Waals surface area contributed by atoms with Crippen molar-refractivity contribution in [3.8, 4) is 0 Å². The summed E-state index contributed by atoms with van der Waals surface area (Å²) >= 11 is 0. The van der Waals surface area contributed by atoms with Gasteiger partial charge in [0.25, 0.3) is 0 Å². The lowest BCUT2D eigenvalue weighted by molar-refractivity contribution is -0.283. The zero-order chi connectivity index (χ0) is 31.9. The van der Waals surface area contributed by atoms with Crippen LogP contribution in [0.5, 0.6) is 0 Å². The van der Waals surface area contributed by atoms with Crippen LogP contribution in [0.1, 0.15) is 127 Å². The van der Waals surface area contributed by atoms with Crippen LogP contribution < -0.4 is 0 Å². The molecule has 0 bridgehead atoms. The number of hydrogen-bond acceptors (Lipinski definition) is 6. The van der Waals surface area contributed by atoms with Crippen molar-refractivity contribution in [1.82, 2.24) is 0 Å². The Labute approximate surface area is 262 Å². The highest BCUT2D eigenvalue weighted by Crippen LogP contribution is 2.73. The number of aliphatic hydroxyl groups excluding tert-OH is 5. The first-order valence-electron chi connectivity index (χ1n) is 17.9. The van der Waals surface area contributed by atoms with Crippen molar-refractivity contribution in [1.29, 1.82) is 0 Å². The second kappa shape index (κ2) is 11.8. The molecule has 0 aromatic carbocycles. The maximum Gasteiger partial charge on any atom is 0.155 e. The highest BCUT2D eigenvalue weighted by Gasteiger charge is 2.70. The molecule has 5 N–H and O–H groups in total. The zero-order valence-electron chi connectivity index (χ0n) is 28.8. The fourth-order valence-electron chi connectivity index (χ4n) is 12.9. The third-order valence-electron chi connectivity index (χ3n) is 14.6. The molecule has 0 heterocycles. The van der Waals surface area contributed by atoms with Crippen molar-refractivity contribution < 1.29 is 30.3 Å². The van der Waals surface area contributed by atoms with Gasteiger partial charge < -0.3 is 30.3 Å². The summed E-state index contributed by atoms with van der Waals surface area (Å²) in [7, 11) is 0. The SMILES string of the molecule is CC(O)C1C(C)C[C@]2(C)C[C@]3(C)CC4C(C5CCC(CC(O)OC(C)(C)C)CC5)CCC(O)C4C(O)C3C(C)[C@]2(C)C1O. The lowest BCUT2D eigenvalue weighted by Crippen LogP contribution is -2.71. The van der Waals surface area contributed by atoms with Gasteiger partial charge in [-0.2, -0.15) is 0 Å². The lowest BCUT2D eigenvalue weighted by atomic mass is 9.34. The van der Waals surface area contributed by atoms with E-state index < -0.39 is 36.1 Å². The molecule has 15 atom stereocenters. The van der Waals surface area contributed by atoms with E-state index in [0.29, 0.717) is 30.1 Å². The Bertz CT molecular complexity index is 971. The molecule has 0 aromatic rings. The summed E-state index contributed by atoms with van der Waals surface area (Å²) in [6.07, 6.45) is 7.06. The quantitative estimate of drug-likeness (QED) is 0.240. The summed E-state index contributed by atoms with van der Waals surface area (Å²) < 4.78 is 5.80. The lowest BCUT2D eigenvalue weighted by Gasteiger charge is -2.72. The molecular weight excluding hydrogens is 540 g/mol. The molecule has 0 spiro atoms. The van der Waals surface area contributed by atoms with Crippen LogP contribution in [0.2, 0.25) is 0 Å². The predicted molar refractivity (Wildman–Crippen MR) is 170 cm³/mol. The van der Waals surface area contributed by atoms with Crippen LogP contribution in [-0.4, -0.2) is 61.8 Å². The summed E-state index contributed by atoms with van der Waals surface area (Å²) in [6.45, 7) is 19.3. The van der Waals surface area contributed by atoms with Gasteiger partial charge in [-0.3, -0.25) is 0 Å². The first kappa shape index (κ1) is 34.1. The maximum absolute atomic E-state index is 12.3. The molecule has 5 saturated carbocycles. The average Bonchev–Trinajstić information content (AvgIpc) is 2.85. The first-order chi connectivity index (χ1) is 19.8. The highest BCUT2D eigenvalue weighted by molar-refractivity contribution is 5.19. The van der Waals surface area contributed by atoms with Gasteiger partial charge in [0.15, 0.2) is 6.29 Å². The molecule has 250 valence electrons. The van der Waals surface area contributed by atoms with Crippen LogP contribution >= 0.6 is 0 Å². The van der Waals surface area contributed by atoms with Crippen molar-refractivity contribution in [2.75, 3.05) is 0 Å². The van der Waals surface area contributed by atoms with Crippen molar-refractivity contribution in [3.63, 3.8) is 0 Å². The van der Waals surface area contributed by atoms with E-state index >= 15 is 0 Å². The van der Waals surface area contributed by atoms with Crippen LogP contribution in [0.25, 0.3) is 0 Å². The Morgan fingerprint density at radius 1 is 0.860 bits per heavy atom. The Kier molecular flexibility index (Phi) is 9.34. The molecule has 6 nitrogen and oxygen atoms in total. The minimum Gasteiger partial charge on any atom is -0.393 e. The van der Waals surface area contributed by atoms with Gasteiger partial charge in [-0.1, -0.05) is 34.6 Å². The molecule has 5 aliphatic rings. The normalized spacial score (nSPS) is 53.7. The summed E-state index contributed by atoms with van der Waals surface area (Å²) in [4.78, 5) is 0. The summed E-state index contributed by atoms with van der Waals surface area (Å²) in [5.41, 5.74) is -0.919. The number of ether oxygens (including phenoxy) is 1. The smallest absolute Gasteiger partial charge is 0.155 e. The second-order valence-electron chi connectivity index (χ2n) is 18.4. The van der Waals surface area contributed by atoms with E-state index in [-0.39, 0.29) is 46.0 Å². The molecule has 5 rings (SSSR count). The molecule has 12 unspecified atom stereocenters. The van der Waals surface area contributed by atoms with Gasteiger partial charge in [-0.15, -0.1) is 0 Å². The standard InChI is InChI=1S/C37H66O6/c1-20-17-36(8)19-35(7)18-26-25(24-12-10-23(11-13-24)16-28(40)43-34(4,5)6)14-15-27(39)30(26)32(41)31(35)21(2)37(36,9)33(42)29(20)22(3)38/h20-33,38-42H,10-19H2,1-9H3/t20?,21?,22?,23?,24?,25?,26?,27?,28?,29?,30?,31?,32?,33?,35-,36+,37+/m0/s1. The Hall–Kier alpha value is -0.240. The van der Waals surface area contributed by atoms with Crippen molar-refractivity contribution in [2.45, 2.75) is 163 Å². The molecule has 6 heteroatoms. The van der Waals surface area contributed by atoms with Gasteiger partial charge in [0.05, 0.1) is 30.0 Å². The van der Waals surface area contributed by atoms with Gasteiger partial charge in [0.1, 0.15) is 0 Å². The third-order valence-corrected chi connectivity index (χ3v) is 14.6. The van der Waals surface area contributed by atoms with Crippen LogP contribution in [0.4, 0.5) is 0 Å². The van der Waals surface area contributed by atoms with Gasteiger partial charge in [0.2, 0.25) is 0 Å². The fraction of sp³-hybridized carbons (Fsp3) is 1.00. The number of hydrogen-bond donors (Lipinski definition) is 5. The van der Waals surface area contributed by atoms with Crippen molar-refractivity contribution in [2.24, 2.45) is 69.5 Å². The zero-order valence-corrected chi connectivity index (χ0v) is 28.8. The van der Waals surface area contributed by atoms with E-state index in [9.17, 15) is 25.5 Å². The van der Waals surface area contributed by atoms with Crippen LogP contribution in [0, 0.1) is 69.5 Å². The molecule has 0 aromatic heterocycles. The Morgan fingerprint density at radius 3 is 2.07 bits per heavy atom. The minimum atomic E-state index is -0.710. The summed E-state index contributed by atoms with van der Waals surface area (Å²) in [5.74, 6) is 1.96. The van der Waals surface area contributed by atoms with Gasteiger partial charge in [-0.25, -0.2) is 0 Å². The third kappa shape index (κ3) is 5.79. The average molecular weight is 607 g/mol. The van der Waals surface area contributed by atoms with E-state index in [1.165, 1.54) is 0 Å². The number of fused-ring (bicyclic) bond motifs is 3. The topological polar surface area (TPSA) is 110 Å². The van der Waals surface area contributed by atoms with Crippen LogP contribution in [0.15, 0.2) is 0 Å². The first-order valence-corrected chi connectivity index (χ1v) is 17.9. The largest absolute Gasteiger partial charge is 0.393 e. The molecule has 43 heavy (non-hydrogen) atoms. The molecule has 0 saturated heterocycles. The molecule has 5 fully saturated rings. The van der Waals surface area contributed by atoms with Gasteiger partial charge in [-0.05, 0) is 138 Å². The summed E-state index contributed by atoms with van der Waals surface area (Å²) in [6, 6.07) is 0. The monoisotopic (exact) mass is 606 g/mol. The van der Waals surface area contributed by atoms with Crippen LogP contribution in [-0.2, 0) is 4.74 Å². The van der Waals surface area contributed by atoms with E-state index in [4.69, 9.17) is 4.74 Å². The van der Waals surface area contributed by atoms with Crippen LogP contribution in [0.3, 0.4) is 0 Å². The van der Waals surface area contributed by atoms with E-state index in [1.807, 2.05) is 27.7 Å². The summed E-state index contributed by atoms with van der Waals surface area (Å²) in [5, 5.41) is 57.0. The van der Waals surface area contributed by atoms with E-state index in [0.717, 1.165) is 57.8 Å². The number of aliphatic hydroxyl groups is 5. The van der Waals surface area contributed by atoms with Gasteiger partial charge in [0, 0.05) is 23.7 Å². The van der Waals surface area contributed by atoms with E-state index in [1.54, 1.807) is 0 Å². The second-order valence-corrected chi connectivity index (χ2v) is 18.4. The van der Waals surface area contributed by atoms with E-state index in [2.05, 4.69) is 34.6 Å². The minimum absolute atomic E-state index is 0.0120. The van der Waals surface area contributed by atoms with Crippen molar-refractivity contribution >= 4 is 0 Å².